The van der Waals surface area contributed by atoms with E-state index < -0.39 is 27.1 Å². The van der Waals surface area contributed by atoms with Gasteiger partial charge in [-0.25, -0.2) is 0 Å². The Morgan fingerprint density at radius 3 is 2.32 bits per heavy atom. The zero-order valence-electron chi connectivity index (χ0n) is 16.1. The summed E-state index contributed by atoms with van der Waals surface area (Å²) in [5.41, 5.74) is -0.837. The zero-order chi connectivity index (χ0) is 22.4. The molecule has 1 heterocycles. The topological polar surface area (TPSA) is 146 Å². The van der Waals surface area contributed by atoms with Gasteiger partial charge in [0.1, 0.15) is 12.4 Å². The lowest BCUT2D eigenvalue weighted by Gasteiger charge is -2.13. The largest absolute Gasteiger partial charge is 0.491 e. The smallest absolute Gasteiger partial charge is 0.277 e. The Kier molecular flexibility index (Phi) is 7.05. The number of anilines is 1. The van der Waals surface area contributed by atoms with E-state index in [4.69, 9.17) is 21.7 Å². The number of nitro benzene ring substituents is 2. The van der Waals surface area contributed by atoms with Crippen molar-refractivity contribution in [3.63, 3.8) is 0 Å². The number of rotatable bonds is 7. The number of nitro groups is 2. The summed E-state index contributed by atoms with van der Waals surface area (Å²) >= 11 is 5.08. The molecule has 1 atom stereocenters. The maximum absolute atomic E-state index is 12.3. The number of thiocarbonyl (C=S) groups is 1. The number of hydrogen-bond donors (Lipinski definition) is 2. The first-order chi connectivity index (χ1) is 14.8. The van der Waals surface area contributed by atoms with Gasteiger partial charge in [-0.05, 0) is 49.3 Å². The Balaban J connectivity index is 1.58. The molecule has 1 saturated heterocycles. The molecule has 12 heteroatoms. The van der Waals surface area contributed by atoms with Crippen molar-refractivity contribution in [1.29, 1.82) is 0 Å². The normalized spacial score (nSPS) is 15.2. The molecule has 2 aromatic rings. The molecule has 0 aliphatic carbocycles. The van der Waals surface area contributed by atoms with Gasteiger partial charge in [0.25, 0.3) is 17.3 Å². The van der Waals surface area contributed by atoms with Gasteiger partial charge in [-0.3, -0.25) is 30.3 Å². The zero-order valence-corrected chi connectivity index (χ0v) is 16.9. The van der Waals surface area contributed by atoms with E-state index >= 15 is 0 Å². The average Bonchev–Trinajstić information content (AvgIpc) is 3.26. The maximum atomic E-state index is 12.3. The Morgan fingerprint density at radius 1 is 1.13 bits per heavy atom. The molecule has 0 aromatic heterocycles. The summed E-state index contributed by atoms with van der Waals surface area (Å²) in [5, 5.41) is 27.0. The van der Waals surface area contributed by atoms with Crippen molar-refractivity contribution in [2.45, 2.75) is 18.9 Å². The molecule has 3 rings (SSSR count). The fourth-order valence-electron chi connectivity index (χ4n) is 2.87. The van der Waals surface area contributed by atoms with Crippen molar-refractivity contribution in [3.8, 4) is 5.75 Å². The predicted octanol–water partition coefficient (Wildman–Crippen LogP) is 3.19. The van der Waals surface area contributed by atoms with E-state index in [9.17, 15) is 25.0 Å². The quantitative estimate of drug-likeness (QED) is 0.372. The van der Waals surface area contributed by atoms with Crippen LogP contribution in [0.3, 0.4) is 0 Å². The molecule has 0 saturated carbocycles. The van der Waals surface area contributed by atoms with E-state index in [1.165, 1.54) is 0 Å². The standard InChI is InChI=1S/C19H18N4O7S/c24-18(12-8-14(22(25)26)10-15(9-12)23(27)28)21-19(31)20-13-3-5-16(6-4-13)30-11-17-2-1-7-29-17/h3-6,8-10,17H,1-2,7,11H2,(H2,20,21,24,31). The third-order valence-corrected chi connectivity index (χ3v) is 4.59. The van der Waals surface area contributed by atoms with E-state index in [0.29, 0.717) is 18.0 Å². The molecule has 1 amide bonds. The minimum absolute atomic E-state index is 0.0767. The van der Waals surface area contributed by atoms with E-state index in [1.807, 2.05) is 0 Å². The molecule has 162 valence electrons. The fourth-order valence-corrected chi connectivity index (χ4v) is 3.08. The average molecular weight is 446 g/mol. The summed E-state index contributed by atoms with van der Waals surface area (Å²) in [7, 11) is 0. The molecule has 0 radical (unpaired) electrons. The molecule has 1 aliphatic heterocycles. The monoisotopic (exact) mass is 446 g/mol. The second-order valence-electron chi connectivity index (χ2n) is 6.63. The number of ether oxygens (including phenoxy) is 2. The number of carbonyl (C=O) groups excluding carboxylic acids is 1. The Labute approximate surface area is 181 Å². The summed E-state index contributed by atoms with van der Waals surface area (Å²) in [6.45, 7) is 1.22. The van der Waals surface area contributed by atoms with Crippen LogP contribution in [0.2, 0.25) is 0 Å². The summed E-state index contributed by atoms with van der Waals surface area (Å²) < 4.78 is 11.2. The maximum Gasteiger partial charge on any atom is 0.277 e. The lowest BCUT2D eigenvalue weighted by atomic mass is 10.1. The van der Waals surface area contributed by atoms with Gasteiger partial charge < -0.3 is 14.8 Å². The minimum Gasteiger partial charge on any atom is -0.491 e. The minimum atomic E-state index is -0.819. The molecule has 0 spiro atoms. The van der Waals surface area contributed by atoms with E-state index in [-0.39, 0.29) is 16.8 Å². The van der Waals surface area contributed by atoms with Crippen molar-refractivity contribution in [2.75, 3.05) is 18.5 Å². The highest BCUT2D eigenvalue weighted by Gasteiger charge is 2.20. The number of non-ortho nitro benzene ring substituents is 2. The van der Waals surface area contributed by atoms with E-state index in [1.54, 1.807) is 24.3 Å². The third-order valence-electron chi connectivity index (χ3n) is 4.39. The molecule has 1 aliphatic rings. The van der Waals surface area contributed by atoms with Gasteiger partial charge in [0.05, 0.1) is 27.6 Å². The van der Waals surface area contributed by atoms with Gasteiger partial charge in [-0.1, -0.05) is 0 Å². The molecule has 2 N–H and O–H groups in total. The molecule has 0 bridgehead atoms. The fraction of sp³-hybridized carbons (Fsp3) is 0.263. The van der Waals surface area contributed by atoms with Gasteiger partial charge >= 0.3 is 0 Å². The van der Waals surface area contributed by atoms with Gasteiger partial charge in [-0.15, -0.1) is 0 Å². The van der Waals surface area contributed by atoms with Crippen LogP contribution in [0.15, 0.2) is 42.5 Å². The summed E-state index contributed by atoms with van der Waals surface area (Å²) in [6.07, 6.45) is 2.11. The molecule has 2 aromatic carbocycles. The van der Waals surface area contributed by atoms with Crippen LogP contribution in [0.5, 0.6) is 5.75 Å². The van der Waals surface area contributed by atoms with Gasteiger partial charge in [0.15, 0.2) is 5.11 Å². The van der Waals surface area contributed by atoms with Crippen molar-refractivity contribution < 1.29 is 24.1 Å². The van der Waals surface area contributed by atoms with E-state index in [2.05, 4.69) is 10.6 Å². The van der Waals surface area contributed by atoms with Gasteiger partial charge in [0, 0.05) is 24.4 Å². The first-order valence-corrected chi connectivity index (χ1v) is 9.63. The van der Waals surface area contributed by atoms with Crippen molar-refractivity contribution in [1.82, 2.24) is 5.32 Å². The Bertz CT molecular complexity index is 975. The number of amides is 1. The van der Waals surface area contributed by atoms with Crippen LogP contribution >= 0.6 is 12.2 Å². The third kappa shape index (κ3) is 6.17. The second kappa shape index (κ2) is 9.91. The summed E-state index contributed by atoms with van der Waals surface area (Å²) in [6, 6.07) is 9.49. The van der Waals surface area contributed by atoms with Crippen LogP contribution in [-0.2, 0) is 4.74 Å². The number of nitrogens with zero attached hydrogens (tertiary/aromatic N) is 2. The first-order valence-electron chi connectivity index (χ1n) is 9.22. The van der Waals surface area contributed by atoms with Crippen LogP contribution < -0.4 is 15.4 Å². The predicted molar refractivity (Wildman–Crippen MR) is 114 cm³/mol. The number of hydrogen-bond acceptors (Lipinski definition) is 8. The van der Waals surface area contributed by atoms with Crippen molar-refractivity contribution in [2.24, 2.45) is 0 Å². The highest BCUT2D eigenvalue weighted by molar-refractivity contribution is 7.80. The first kappa shape index (κ1) is 22.1. The summed E-state index contributed by atoms with van der Waals surface area (Å²) in [4.78, 5) is 32.6. The Hall–Kier alpha value is -3.64. The van der Waals surface area contributed by atoms with E-state index in [0.717, 1.165) is 37.6 Å². The van der Waals surface area contributed by atoms with Crippen LogP contribution in [0.1, 0.15) is 23.2 Å². The number of carbonyl (C=O) groups is 1. The van der Waals surface area contributed by atoms with Crippen LogP contribution in [0.4, 0.5) is 17.1 Å². The lowest BCUT2D eigenvalue weighted by Crippen LogP contribution is -2.34. The molecule has 11 nitrogen and oxygen atoms in total. The molecule has 31 heavy (non-hydrogen) atoms. The van der Waals surface area contributed by atoms with Crippen LogP contribution in [0, 0.1) is 20.2 Å². The molecule has 1 unspecified atom stereocenters. The second-order valence-corrected chi connectivity index (χ2v) is 7.04. The van der Waals surface area contributed by atoms with Crippen LogP contribution in [-0.4, -0.2) is 40.2 Å². The van der Waals surface area contributed by atoms with Gasteiger partial charge in [0.2, 0.25) is 0 Å². The van der Waals surface area contributed by atoms with Crippen molar-refractivity contribution in [3.05, 3.63) is 68.3 Å². The van der Waals surface area contributed by atoms with Crippen molar-refractivity contribution >= 4 is 40.3 Å². The lowest BCUT2D eigenvalue weighted by molar-refractivity contribution is -0.394. The summed E-state index contributed by atoms with van der Waals surface area (Å²) in [5.74, 6) is -0.166. The number of benzene rings is 2. The SMILES string of the molecule is O=C(NC(=S)Nc1ccc(OCC2CCCO2)cc1)c1cc([N+](=O)[O-])cc([N+](=O)[O-])c1. The highest BCUT2D eigenvalue weighted by atomic mass is 32.1. The molecule has 1 fully saturated rings. The highest BCUT2D eigenvalue weighted by Crippen LogP contribution is 2.23. The molecular weight excluding hydrogens is 428 g/mol. The Morgan fingerprint density at radius 2 is 1.77 bits per heavy atom. The molecular formula is C19H18N4O7S. The van der Waals surface area contributed by atoms with Crippen LogP contribution in [0.25, 0.3) is 0 Å². The van der Waals surface area contributed by atoms with Gasteiger partial charge in [-0.2, -0.15) is 0 Å². The number of nitrogens with one attached hydrogen (secondary N) is 2.